The summed E-state index contributed by atoms with van der Waals surface area (Å²) in [5, 5.41) is 9.38. The molecule has 0 aromatic heterocycles. The van der Waals surface area contributed by atoms with Gasteiger partial charge in [-0.1, -0.05) is 62.1 Å². The number of esters is 2. The fraction of sp³-hybridized carbons (Fsp3) is 0.417. The third-order valence-electron chi connectivity index (χ3n) is 8.35. The van der Waals surface area contributed by atoms with E-state index in [1.807, 2.05) is 62.4 Å². The van der Waals surface area contributed by atoms with Gasteiger partial charge < -0.3 is 14.6 Å². The molecule has 0 atom stereocenters. The Labute approximate surface area is 307 Å². The second kappa shape index (κ2) is 18.6. The maximum Gasteiger partial charge on any atom is 0.316 e. The van der Waals surface area contributed by atoms with Crippen LogP contribution in [0.25, 0.3) is 0 Å². The SMILES string of the molecule is CCOC(=O)C1(c2ccc(I)cc2)CCCC1.CCOC(=O)Cc1ccc(I)cc1.O=C(O)C1(c2ccc(I)cc2)CCCC1. The van der Waals surface area contributed by atoms with Gasteiger partial charge in [-0.25, -0.2) is 0 Å². The Morgan fingerprint density at radius 1 is 0.622 bits per heavy atom. The standard InChI is InChI=1S/C14H17IO2.C12H13IO2.C10H11IO2/c1-2-17-13(16)14(9-3-4-10-14)11-5-7-12(15)8-6-11;13-10-5-3-9(4-6-10)12(11(14)15)7-1-2-8-12;1-2-13-10(12)7-8-3-5-9(11)6-4-8/h5-8H,2-4,9-10H2,1H3;3-6H,1-2,7-8H2,(H,14,15);3-6H,2,7H2,1H3. The zero-order chi connectivity index (χ0) is 32.9. The molecule has 45 heavy (non-hydrogen) atoms. The first-order valence-electron chi connectivity index (χ1n) is 15.4. The summed E-state index contributed by atoms with van der Waals surface area (Å²) in [6, 6.07) is 24.0. The second-order valence-electron chi connectivity index (χ2n) is 11.2. The Balaban J connectivity index is 0.000000186. The van der Waals surface area contributed by atoms with Crippen molar-refractivity contribution in [3.63, 3.8) is 0 Å². The predicted molar refractivity (Wildman–Crippen MR) is 202 cm³/mol. The molecular formula is C36H41I3O6. The number of hydrogen-bond acceptors (Lipinski definition) is 5. The van der Waals surface area contributed by atoms with Crippen molar-refractivity contribution >= 4 is 85.7 Å². The zero-order valence-electron chi connectivity index (χ0n) is 25.8. The molecule has 2 aliphatic rings. The normalized spacial score (nSPS) is 15.9. The molecule has 0 amide bonds. The molecule has 0 radical (unpaired) electrons. The second-order valence-corrected chi connectivity index (χ2v) is 15.0. The molecule has 0 saturated heterocycles. The smallest absolute Gasteiger partial charge is 0.316 e. The van der Waals surface area contributed by atoms with E-state index in [1.54, 1.807) is 0 Å². The first-order valence-corrected chi connectivity index (χ1v) is 18.6. The number of rotatable bonds is 8. The molecular weight excluding hydrogens is 909 g/mol. The van der Waals surface area contributed by atoms with Crippen LogP contribution in [0.4, 0.5) is 0 Å². The van der Waals surface area contributed by atoms with Crippen LogP contribution in [0.2, 0.25) is 0 Å². The maximum atomic E-state index is 12.2. The summed E-state index contributed by atoms with van der Waals surface area (Å²) in [6.07, 6.45) is 8.06. The number of ether oxygens (including phenoxy) is 2. The first kappa shape index (κ1) is 37.7. The van der Waals surface area contributed by atoms with E-state index in [-0.39, 0.29) is 17.4 Å². The fourth-order valence-corrected chi connectivity index (χ4v) is 7.06. The van der Waals surface area contributed by atoms with Crippen LogP contribution in [0.3, 0.4) is 0 Å². The molecule has 1 N–H and O–H groups in total. The van der Waals surface area contributed by atoms with Crippen molar-refractivity contribution in [2.75, 3.05) is 13.2 Å². The molecule has 242 valence electrons. The monoisotopic (exact) mass is 950 g/mol. The summed E-state index contributed by atoms with van der Waals surface area (Å²) in [5.41, 5.74) is 2.10. The van der Waals surface area contributed by atoms with Crippen molar-refractivity contribution in [3.05, 3.63) is 100 Å². The molecule has 2 saturated carbocycles. The van der Waals surface area contributed by atoms with Gasteiger partial charge in [0.15, 0.2) is 0 Å². The number of benzene rings is 3. The highest BCUT2D eigenvalue weighted by Crippen LogP contribution is 2.43. The molecule has 6 nitrogen and oxygen atoms in total. The van der Waals surface area contributed by atoms with Crippen LogP contribution in [0, 0.1) is 10.7 Å². The van der Waals surface area contributed by atoms with Crippen molar-refractivity contribution in [1.82, 2.24) is 0 Å². The van der Waals surface area contributed by atoms with Gasteiger partial charge in [0.25, 0.3) is 0 Å². The van der Waals surface area contributed by atoms with E-state index < -0.39 is 11.4 Å². The van der Waals surface area contributed by atoms with Gasteiger partial charge in [-0.05, 0) is 160 Å². The highest BCUT2D eigenvalue weighted by molar-refractivity contribution is 14.1. The molecule has 3 aromatic rings. The van der Waals surface area contributed by atoms with Crippen LogP contribution in [-0.2, 0) is 41.1 Å². The van der Waals surface area contributed by atoms with Crippen LogP contribution < -0.4 is 0 Å². The molecule has 0 spiro atoms. The Hall–Kier alpha value is -1.74. The molecule has 0 unspecified atom stereocenters. The highest BCUT2D eigenvalue weighted by atomic mass is 127. The van der Waals surface area contributed by atoms with E-state index in [9.17, 15) is 19.5 Å². The first-order chi connectivity index (χ1) is 21.6. The van der Waals surface area contributed by atoms with E-state index >= 15 is 0 Å². The van der Waals surface area contributed by atoms with E-state index in [1.165, 1.54) is 7.14 Å². The molecule has 3 aromatic carbocycles. The Morgan fingerprint density at radius 3 is 1.40 bits per heavy atom. The lowest BCUT2D eigenvalue weighted by atomic mass is 9.79. The van der Waals surface area contributed by atoms with E-state index in [4.69, 9.17) is 9.47 Å². The largest absolute Gasteiger partial charge is 0.481 e. The van der Waals surface area contributed by atoms with Crippen LogP contribution in [0.15, 0.2) is 72.8 Å². The molecule has 9 heteroatoms. The number of carbonyl (C=O) groups excluding carboxylic acids is 2. The number of hydrogen-bond donors (Lipinski definition) is 1. The quantitative estimate of drug-likeness (QED) is 0.179. The summed E-state index contributed by atoms with van der Waals surface area (Å²) < 4.78 is 13.6. The minimum atomic E-state index is -0.666. The Bertz CT molecular complexity index is 1380. The summed E-state index contributed by atoms with van der Waals surface area (Å²) in [5.74, 6) is -0.872. The van der Waals surface area contributed by atoms with Crippen LogP contribution in [-0.4, -0.2) is 36.2 Å². The number of aliphatic carboxylic acids is 1. The van der Waals surface area contributed by atoms with Crippen molar-refractivity contribution in [3.8, 4) is 0 Å². The maximum absolute atomic E-state index is 12.2. The summed E-state index contributed by atoms with van der Waals surface area (Å²) in [6.45, 7) is 4.59. The minimum absolute atomic E-state index is 0.0429. The lowest BCUT2D eigenvalue weighted by molar-refractivity contribution is -0.150. The van der Waals surface area contributed by atoms with Gasteiger partial charge in [-0.2, -0.15) is 0 Å². The van der Waals surface area contributed by atoms with Gasteiger partial charge in [-0.15, -0.1) is 0 Å². The lowest BCUT2D eigenvalue weighted by Crippen LogP contribution is -2.34. The van der Waals surface area contributed by atoms with Crippen molar-refractivity contribution in [2.24, 2.45) is 0 Å². The van der Waals surface area contributed by atoms with E-state index in [2.05, 4.69) is 92.0 Å². The molecule has 0 bridgehead atoms. The highest BCUT2D eigenvalue weighted by Gasteiger charge is 2.44. The molecule has 2 aliphatic carbocycles. The van der Waals surface area contributed by atoms with Gasteiger partial charge >= 0.3 is 17.9 Å². The molecule has 0 aliphatic heterocycles. The van der Waals surface area contributed by atoms with Gasteiger partial charge in [0.05, 0.1) is 30.5 Å². The van der Waals surface area contributed by atoms with Gasteiger partial charge in [-0.3, -0.25) is 14.4 Å². The average molecular weight is 950 g/mol. The van der Waals surface area contributed by atoms with E-state index in [0.717, 1.165) is 71.6 Å². The third kappa shape index (κ3) is 10.6. The lowest BCUT2D eigenvalue weighted by Gasteiger charge is -2.27. The van der Waals surface area contributed by atoms with Crippen LogP contribution >= 0.6 is 67.8 Å². The van der Waals surface area contributed by atoms with Gasteiger partial charge in [0.2, 0.25) is 0 Å². The summed E-state index contributed by atoms with van der Waals surface area (Å²) in [7, 11) is 0. The van der Waals surface area contributed by atoms with Crippen LogP contribution in [0.5, 0.6) is 0 Å². The summed E-state index contributed by atoms with van der Waals surface area (Å²) >= 11 is 6.75. The van der Waals surface area contributed by atoms with Crippen molar-refractivity contribution in [1.29, 1.82) is 0 Å². The topological polar surface area (TPSA) is 89.9 Å². The predicted octanol–water partition coefficient (Wildman–Crippen LogP) is 9.25. The number of carboxylic acid groups (broad SMARTS) is 1. The van der Waals surface area contributed by atoms with Gasteiger partial charge in [0, 0.05) is 10.7 Å². The summed E-state index contributed by atoms with van der Waals surface area (Å²) in [4.78, 5) is 34.7. The third-order valence-corrected chi connectivity index (χ3v) is 10.5. The Kier molecular flexibility index (Phi) is 15.6. The Morgan fingerprint density at radius 2 is 1.00 bits per heavy atom. The minimum Gasteiger partial charge on any atom is -0.481 e. The fourth-order valence-electron chi connectivity index (χ4n) is 5.98. The molecule has 5 rings (SSSR count). The van der Waals surface area contributed by atoms with Crippen molar-refractivity contribution in [2.45, 2.75) is 82.5 Å². The van der Waals surface area contributed by atoms with E-state index in [0.29, 0.717) is 19.6 Å². The number of carbonyl (C=O) groups is 3. The van der Waals surface area contributed by atoms with Crippen LogP contribution in [0.1, 0.15) is 81.9 Å². The van der Waals surface area contributed by atoms with Crippen molar-refractivity contribution < 1.29 is 29.0 Å². The molecule has 0 heterocycles. The number of halogens is 3. The van der Waals surface area contributed by atoms with Gasteiger partial charge in [0.1, 0.15) is 0 Å². The zero-order valence-corrected chi connectivity index (χ0v) is 32.3. The average Bonchev–Trinajstić information content (AvgIpc) is 3.73. The number of carboxylic acids is 1. The molecule has 2 fully saturated rings.